The predicted octanol–water partition coefficient (Wildman–Crippen LogP) is 3.11. The number of hydrogen-bond acceptors (Lipinski definition) is 2. The lowest BCUT2D eigenvalue weighted by atomic mass is 10.1. The van der Waals surface area contributed by atoms with E-state index in [1.807, 2.05) is 6.07 Å². The Labute approximate surface area is 107 Å². The molecule has 96 valence electrons. The molecule has 0 amide bonds. The molecular formula is C15H18FNO. The molecule has 2 rings (SSSR count). The van der Waals surface area contributed by atoms with E-state index >= 15 is 0 Å². The summed E-state index contributed by atoms with van der Waals surface area (Å²) in [6.45, 7) is 0.787. The van der Waals surface area contributed by atoms with Gasteiger partial charge >= 0.3 is 0 Å². The lowest BCUT2D eigenvalue weighted by Gasteiger charge is -1.96. The minimum Gasteiger partial charge on any atom is -0.508 e. The monoisotopic (exact) mass is 247 g/mol. The first-order valence-electron chi connectivity index (χ1n) is 5.91. The van der Waals surface area contributed by atoms with Crippen LogP contribution in [-0.2, 0) is 6.42 Å². The summed E-state index contributed by atoms with van der Waals surface area (Å²) in [4.78, 5) is 0. The van der Waals surface area contributed by atoms with Gasteiger partial charge in [-0.3, -0.25) is 0 Å². The van der Waals surface area contributed by atoms with Gasteiger partial charge in [-0.05, 0) is 37.1 Å². The fraction of sp³-hybridized carbons (Fsp3) is 0.200. The van der Waals surface area contributed by atoms with Crippen LogP contribution in [0.2, 0.25) is 0 Å². The van der Waals surface area contributed by atoms with E-state index in [1.54, 1.807) is 0 Å². The average Bonchev–Trinajstić information content (AvgIpc) is 2.38. The van der Waals surface area contributed by atoms with E-state index in [1.165, 1.54) is 23.8 Å². The molecule has 3 heteroatoms. The fourth-order valence-electron chi connectivity index (χ4n) is 1.43. The van der Waals surface area contributed by atoms with Crippen molar-refractivity contribution in [3.8, 4) is 5.75 Å². The Morgan fingerprint density at radius 2 is 1.72 bits per heavy atom. The fourth-order valence-corrected chi connectivity index (χ4v) is 1.43. The van der Waals surface area contributed by atoms with Crippen LogP contribution in [-0.4, -0.2) is 11.7 Å². The van der Waals surface area contributed by atoms with Gasteiger partial charge in [0.15, 0.2) is 0 Å². The van der Waals surface area contributed by atoms with Crippen LogP contribution in [0.15, 0.2) is 54.6 Å². The molecule has 0 aliphatic carbocycles. The number of phenols is 1. The van der Waals surface area contributed by atoms with Gasteiger partial charge in [0, 0.05) is 6.07 Å². The molecule has 0 atom stereocenters. The predicted molar refractivity (Wildman–Crippen MR) is 71.9 cm³/mol. The van der Waals surface area contributed by atoms with Crippen LogP contribution < -0.4 is 5.73 Å². The van der Waals surface area contributed by atoms with Crippen molar-refractivity contribution in [2.24, 2.45) is 5.73 Å². The van der Waals surface area contributed by atoms with Crippen molar-refractivity contribution in [3.05, 3.63) is 66.0 Å². The minimum atomic E-state index is -0.412. The van der Waals surface area contributed by atoms with Crippen molar-refractivity contribution in [1.82, 2.24) is 0 Å². The van der Waals surface area contributed by atoms with Gasteiger partial charge in [0.1, 0.15) is 11.6 Å². The number of phenolic OH excluding ortho intramolecular Hbond substituents is 1. The number of hydrogen-bond donors (Lipinski definition) is 2. The van der Waals surface area contributed by atoms with Gasteiger partial charge in [0.25, 0.3) is 0 Å². The zero-order valence-corrected chi connectivity index (χ0v) is 10.2. The van der Waals surface area contributed by atoms with E-state index < -0.39 is 5.82 Å². The summed E-state index contributed by atoms with van der Waals surface area (Å²) in [5.74, 6) is -0.449. The molecule has 3 N–H and O–H groups in total. The van der Waals surface area contributed by atoms with E-state index in [2.05, 4.69) is 24.3 Å². The zero-order chi connectivity index (χ0) is 13.2. The molecule has 0 aromatic heterocycles. The van der Waals surface area contributed by atoms with E-state index in [0.717, 1.165) is 25.5 Å². The van der Waals surface area contributed by atoms with Gasteiger partial charge in [-0.25, -0.2) is 4.39 Å². The van der Waals surface area contributed by atoms with E-state index in [-0.39, 0.29) is 5.75 Å². The minimum absolute atomic E-state index is 0.0370. The highest BCUT2D eigenvalue weighted by molar-refractivity contribution is 5.20. The third-order valence-electron chi connectivity index (χ3n) is 2.32. The maximum absolute atomic E-state index is 12.0. The molecule has 2 aromatic carbocycles. The molecule has 0 bridgehead atoms. The quantitative estimate of drug-likeness (QED) is 0.875. The molecule has 0 unspecified atom stereocenters. The first-order valence-corrected chi connectivity index (χ1v) is 5.91. The van der Waals surface area contributed by atoms with Gasteiger partial charge in [-0.15, -0.1) is 0 Å². The molecule has 0 saturated carbocycles. The van der Waals surface area contributed by atoms with Crippen LogP contribution in [0.25, 0.3) is 0 Å². The number of halogens is 1. The van der Waals surface area contributed by atoms with Gasteiger partial charge in [-0.1, -0.05) is 36.4 Å². The Bertz CT molecular complexity index is 428. The van der Waals surface area contributed by atoms with Gasteiger partial charge in [-0.2, -0.15) is 0 Å². The molecule has 2 aromatic rings. The normalized spacial score (nSPS) is 9.44. The number of aryl methyl sites for hydroxylation is 1. The summed E-state index contributed by atoms with van der Waals surface area (Å²) >= 11 is 0. The number of rotatable bonds is 3. The molecular weight excluding hydrogens is 229 g/mol. The summed E-state index contributed by atoms with van der Waals surface area (Å²) in [6.07, 6.45) is 2.20. The number of aromatic hydroxyl groups is 1. The highest BCUT2D eigenvalue weighted by atomic mass is 19.1. The smallest absolute Gasteiger partial charge is 0.126 e. The standard InChI is InChI=1S/C9H13N.C6H5FO/c10-8-4-7-9-5-2-1-3-6-9;7-5-2-1-3-6(8)4-5/h1-3,5-6H,4,7-8,10H2;1-4,8H. The molecule has 0 spiro atoms. The van der Waals surface area contributed by atoms with E-state index in [0.29, 0.717) is 0 Å². The van der Waals surface area contributed by atoms with Crippen LogP contribution in [0.5, 0.6) is 5.75 Å². The second kappa shape index (κ2) is 8.25. The largest absolute Gasteiger partial charge is 0.508 e. The number of benzene rings is 2. The van der Waals surface area contributed by atoms with Crippen molar-refractivity contribution in [2.45, 2.75) is 12.8 Å². The van der Waals surface area contributed by atoms with Gasteiger partial charge in [0.2, 0.25) is 0 Å². The molecule has 2 nitrogen and oxygen atoms in total. The van der Waals surface area contributed by atoms with Crippen molar-refractivity contribution in [3.63, 3.8) is 0 Å². The molecule has 0 aliphatic rings. The van der Waals surface area contributed by atoms with Gasteiger partial charge in [0.05, 0.1) is 0 Å². The molecule has 0 fully saturated rings. The maximum atomic E-state index is 12.0. The SMILES string of the molecule is NCCCc1ccccc1.Oc1cccc(F)c1. The van der Waals surface area contributed by atoms with E-state index in [4.69, 9.17) is 10.8 Å². The lowest BCUT2D eigenvalue weighted by Crippen LogP contribution is -1.99. The third kappa shape index (κ3) is 6.01. The summed E-state index contributed by atoms with van der Waals surface area (Å²) in [5.41, 5.74) is 6.76. The second-order valence-corrected chi connectivity index (χ2v) is 3.86. The summed E-state index contributed by atoms with van der Waals surface area (Å²) in [7, 11) is 0. The molecule has 0 aliphatic heterocycles. The molecule has 0 saturated heterocycles. The Kier molecular flexibility index (Phi) is 6.51. The Hall–Kier alpha value is -1.87. The summed E-state index contributed by atoms with van der Waals surface area (Å²) in [5, 5.41) is 8.57. The zero-order valence-electron chi connectivity index (χ0n) is 10.2. The van der Waals surface area contributed by atoms with Crippen molar-refractivity contribution < 1.29 is 9.50 Å². The molecule has 0 radical (unpaired) electrons. The summed E-state index contributed by atoms with van der Waals surface area (Å²) in [6, 6.07) is 15.6. The highest BCUT2D eigenvalue weighted by Gasteiger charge is 1.88. The second-order valence-electron chi connectivity index (χ2n) is 3.86. The topological polar surface area (TPSA) is 46.2 Å². The number of nitrogens with two attached hydrogens (primary N) is 1. The van der Waals surface area contributed by atoms with Crippen LogP contribution in [0.1, 0.15) is 12.0 Å². The Morgan fingerprint density at radius 3 is 2.22 bits per heavy atom. The van der Waals surface area contributed by atoms with Crippen LogP contribution in [0, 0.1) is 5.82 Å². The van der Waals surface area contributed by atoms with Crippen molar-refractivity contribution in [2.75, 3.05) is 6.54 Å². The average molecular weight is 247 g/mol. The van der Waals surface area contributed by atoms with Crippen molar-refractivity contribution in [1.29, 1.82) is 0 Å². The van der Waals surface area contributed by atoms with Crippen LogP contribution in [0.4, 0.5) is 4.39 Å². The molecule has 18 heavy (non-hydrogen) atoms. The summed E-state index contributed by atoms with van der Waals surface area (Å²) < 4.78 is 12.0. The van der Waals surface area contributed by atoms with Gasteiger partial charge < -0.3 is 10.8 Å². The lowest BCUT2D eigenvalue weighted by molar-refractivity contribution is 0.469. The maximum Gasteiger partial charge on any atom is 0.126 e. The first-order chi connectivity index (χ1) is 8.72. The Morgan fingerprint density at radius 1 is 1.00 bits per heavy atom. The first kappa shape index (κ1) is 14.2. The van der Waals surface area contributed by atoms with Crippen LogP contribution in [0.3, 0.4) is 0 Å². The van der Waals surface area contributed by atoms with Crippen molar-refractivity contribution >= 4 is 0 Å². The highest BCUT2D eigenvalue weighted by Crippen LogP contribution is 2.07. The third-order valence-corrected chi connectivity index (χ3v) is 2.32. The van der Waals surface area contributed by atoms with Crippen LogP contribution >= 0.6 is 0 Å². The Balaban J connectivity index is 0.000000184. The van der Waals surface area contributed by atoms with E-state index in [9.17, 15) is 4.39 Å². The molecule has 0 heterocycles.